The van der Waals surface area contributed by atoms with E-state index >= 15 is 0 Å². The highest BCUT2D eigenvalue weighted by Gasteiger charge is 2.07. The van der Waals surface area contributed by atoms with Crippen LogP contribution in [0.15, 0.2) is 18.2 Å². The normalized spacial score (nSPS) is 9.47. The molecule has 1 aromatic rings. The molecule has 0 amide bonds. The van der Waals surface area contributed by atoms with E-state index in [1.807, 2.05) is 0 Å². The smallest absolute Gasteiger partial charge is 0.305 e. The van der Waals surface area contributed by atoms with Crippen LogP contribution in [0.4, 0.5) is 10.1 Å². The van der Waals surface area contributed by atoms with E-state index in [2.05, 4.69) is 10.1 Å². The third kappa shape index (κ3) is 3.76. The Kier molecular flexibility index (Phi) is 4.95. The van der Waals surface area contributed by atoms with Gasteiger partial charge in [0.05, 0.1) is 12.8 Å². The van der Waals surface area contributed by atoms with Crippen molar-refractivity contribution < 1.29 is 13.9 Å². The van der Waals surface area contributed by atoms with Crippen LogP contribution in [0.5, 0.6) is 0 Å². The third-order valence-electron chi connectivity index (χ3n) is 2.23. The quantitative estimate of drug-likeness (QED) is 0.628. The molecule has 4 nitrogen and oxygen atoms in total. The molecule has 0 aliphatic rings. The number of nitrogens with one attached hydrogen (secondary N) is 1. The third-order valence-corrected chi connectivity index (χ3v) is 2.23. The van der Waals surface area contributed by atoms with Crippen molar-refractivity contribution in [2.45, 2.75) is 12.8 Å². The molecular weight excluding hydrogens is 223 g/mol. The largest absolute Gasteiger partial charge is 0.469 e. The number of ether oxygens (including phenoxy) is 1. The van der Waals surface area contributed by atoms with E-state index in [4.69, 9.17) is 5.26 Å². The van der Waals surface area contributed by atoms with Crippen molar-refractivity contribution in [1.29, 1.82) is 5.26 Å². The van der Waals surface area contributed by atoms with E-state index in [9.17, 15) is 9.18 Å². The molecule has 0 saturated carbocycles. The number of hydrogen-bond donors (Lipinski definition) is 1. The molecule has 0 aromatic heterocycles. The first kappa shape index (κ1) is 13.0. The van der Waals surface area contributed by atoms with Gasteiger partial charge in [0.1, 0.15) is 17.4 Å². The van der Waals surface area contributed by atoms with Crippen LogP contribution >= 0.6 is 0 Å². The number of nitriles is 1. The number of anilines is 1. The van der Waals surface area contributed by atoms with Crippen LogP contribution < -0.4 is 5.32 Å². The summed E-state index contributed by atoms with van der Waals surface area (Å²) in [7, 11) is 1.33. The van der Waals surface area contributed by atoms with Gasteiger partial charge in [-0.3, -0.25) is 4.79 Å². The fourth-order valence-corrected chi connectivity index (χ4v) is 1.34. The number of methoxy groups -OCH3 is 1. The van der Waals surface area contributed by atoms with Crippen molar-refractivity contribution in [2.24, 2.45) is 0 Å². The van der Waals surface area contributed by atoms with Gasteiger partial charge in [-0.15, -0.1) is 0 Å². The molecule has 0 aliphatic heterocycles. The molecule has 1 N–H and O–H groups in total. The first-order chi connectivity index (χ1) is 8.19. The Labute approximate surface area is 99.0 Å². The first-order valence-corrected chi connectivity index (χ1v) is 5.18. The van der Waals surface area contributed by atoms with Gasteiger partial charge in [0.2, 0.25) is 0 Å². The van der Waals surface area contributed by atoms with Gasteiger partial charge in [0.25, 0.3) is 0 Å². The summed E-state index contributed by atoms with van der Waals surface area (Å²) in [6.45, 7) is 0.479. The first-order valence-electron chi connectivity index (χ1n) is 5.18. The molecule has 0 atom stereocenters. The molecule has 0 heterocycles. The summed E-state index contributed by atoms with van der Waals surface area (Å²) >= 11 is 0. The van der Waals surface area contributed by atoms with E-state index in [1.165, 1.54) is 19.2 Å². The number of nitrogens with zero attached hydrogens (tertiary/aromatic N) is 1. The Morgan fingerprint density at radius 1 is 1.59 bits per heavy atom. The number of benzene rings is 1. The van der Waals surface area contributed by atoms with Gasteiger partial charge in [-0.2, -0.15) is 5.26 Å². The van der Waals surface area contributed by atoms with Crippen LogP contribution in [0.1, 0.15) is 18.4 Å². The van der Waals surface area contributed by atoms with Crippen LogP contribution in [-0.2, 0) is 9.53 Å². The average Bonchev–Trinajstić information content (AvgIpc) is 2.34. The molecule has 1 aromatic carbocycles. The summed E-state index contributed by atoms with van der Waals surface area (Å²) in [4.78, 5) is 10.8. The van der Waals surface area contributed by atoms with Crippen molar-refractivity contribution in [1.82, 2.24) is 0 Å². The van der Waals surface area contributed by atoms with Crippen molar-refractivity contribution in [3.8, 4) is 6.07 Å². The van der Waals surface area contributed by atoms with Crippen LogP contribution in [0.2, 0.25) is 0 Å². The Hall–Kier alpha value is -2.09. The van der Waals surface area contributed by atoms with Crippen LogP contribution in [0, 0.1) is 17.1 Å². The fourth-order valence-electron chi connectivity index (χ4n) is 1.34. The van der Waals surface area contributed by atoms with Crippen molar-refractivity contribution >= 4 is 11.7 Å². The van der Waals surface area contributed by atoms with E-state index in [-0.39, 0.29) is 11.5 Å². The molecule has 0 spiro atoms. The number of esters is 1. The molecule has 90 valence electrons. The maximum Gasteiger partial charge on any atom is 0.305 e. The second kappa shape index (κ2) is 6.48. The second-order valence-corrected chi connectivity index (χ2v) is 3.38. The van der Waals surface area contributed by atoms with E-state index in [1.54, 1.807) is 12.1 Å². The summed E-state index contributed by atoms with van der Waals surface area (Å²) in [6, 6.07) is 6.18. The lowest BCUT2D eigenvalue weighted by molar-refractivity contribution is -0.140. The molecule has 0 aliphatic carbocycles. The number of rotatable bonds is 5. The lowest BCUT2D eigenvalue weighted by Crippen LogP contribution is -2.07. The van der Waals surface area contributed by atoms with Gasteiger partial charge in [-0.25, -0.2) is 4.39 Å². The summed E-state index contributed by atoms with van der Waals surface area (Å²) in [6.07, 6.45) is 0.856. The summed E-state index contributed by atoms with van der Waals surface area (Å²) in [5, 5.41) is 11.7. The van der Waals surface area contributed by atoms with E-state index in [0.717, 1.165) is 0 Å². The number of halogens is 1. The van der Waals surface area contributed by atoms with Crippen molar-refractivity contribution in [2.75, 3.05) is 19.0 Å². The molecule has 0 radical (unpaired) electrons. The van der Waals surface area contributed by atoms with Gasteiger partial charge in [0, 0.05) is 13.0 Å². The zero-order chi connectivity index (χ0) is 12.7. The number of carbonyl (C=O) groups excluding carboxylic acids is 1. The Morgan fingerprint density at radius 2 is 2.35 bits per heavy atom. The lowest BCUT2D eigenvalue weighted by Gasteiger charge is -2.07. The van der Waals surface area contributed by atoms with Crippen molar-refractivity contribution in [3.63, 3.8) is 0 Å². The molecule has 0 bridgehead atoms. The SMILES string of the molecule is COC(=O)CCCNc1cccc(F)c1C#N. The van der Waals surface area contributed by atoms with Gasteiger partial charge in [0.15, 0.2) is 0 Å². The highest BCUT2D eigenvalue weighted by molar-refractivity contribution is 5.69. The van der Waals surface area contributed by atoms with Crippen LogP contribution in [0.3, 0.4) is 0 Å². The fraction of sp³-hybridized carbons (Fsp3) is 0.333. The Morgan fingerprint density at radius 3 is 3.00 bits per heavy atom. The average molecular weight is 236 g/mol. The number of carbonyl (C=O) groups is 1. The summed E-state index contributed by atoms with van der Waals surface area (Å²) in [5.41, 5.74) is 0.433. The van der Waals surface area contributed by atoms with E-state index < -0.39 is 5.82 Å². The second-order valence-electron chi connectivity index (χ2n) is 3.38. The van der Waals surface area contributed by atoms with Gasteiger partial charge < -0.3 is 10.1 Å². The monoisotopic (exact) mass is 236 g/mol. The molecule has 0 saturated heterocycles. The van der Waals surface area contributed by atoms with Crippen LogP contribution in [-0.4, -0.2) is 19.6 Å². The predicted molar refractivity (Wildman–Crippen MR) is 60.9 cm³/mol. The maximum atomic E-state index is 13.2. The molecule has 17 heavy (non-hydrogen) atoms. The molecule has 0 unspecified atom stereocenters. The highest BCUT2D eigenvalue weighted by Crippen LogP contribution is 2.17. The topological polar surface area (TPSA) is 62.1 Å². The standard InChI is InChI=1S/C12H13FN2O2/c1-17-12(16)6-3-7-15-11-5-2-4-10(13)9(11)8-14/h2,4-5,15H,3,6-7H2,1H3. The summed E-state index contributed by atoms with van der Waals surface area (Å²) < 4.78 is 17.7. The van der Waals surface area contributed by atoms with Crippen molar-refractivity contribution in [3.05, 3.63) is 29.6 Å². The van der Waals surface area contributed by atoms with Gasteiger partial charge >= 0.3 is 5.97 Å². The maximum absolute atomic E-state index is 13.2. The minimum absolute atomic E-state index is 0.00873. The number of hydrogen-bond acceptors (Lipinski definition) is 4. The molecule has 5 heteroatoms. The molecule has 1 rings (SSSR count). The lowest BCUT2D eigenvalue weighted by atomic mass is 10.2. The Balaban J connectivity index is 2.50. The van der Waals surface area contributed by atoms with Gasteiger partial charge in [-0.05, 0) is 18.6 Å². The zero-order valence-corrected chi connectivity index (χ0v) is 9.50. The van der Waals surface area contributed by atoms with Crippen LogP contribution in [0.25, 0.3) is 0 Å². The predicted octanol–water partition coefficient (Wildman–Crippen LogP) is 2.06. The highest BCUT2D eigenvalue weighted by atomic mass is 19.1. The Bertz CT molecular complexity index is 441. The van der Waals surface area contributed by atoms with Gasteiger partial charge in [-0.1, -0.05) is 6.07 Å². The molecule has 0 fully saturated rings. The van der Waals surface area contributed by atoms with E-state index in [0.29, 0.717) is 25.1 Å². The molecular formula is C12H13FN2O2. The zero-order valence-electron chi connectivity index (χ0n) is 9.50. The minimum Gasteiger partial charge on any atom is -0.469 e. The minimum atomic E-state index is -0.550. The summed E-state index contributed by atoms with van der Waals surface area (Å²) in [5.74, 6) is -0.836.